The lowest BCUT2D eigenvalue weighted by molar-refractivity contribution is -0.612. The van der Waals surface area contributed by atoms with Gasteiger partial charge in [0.05, 0.1) is 12.1 Å². The standard InChI is InChI=1S/C9H9F4N/c1-14-5-6-3-2-4-7(8(6)10)9(11,12)13/h2-4H,1,5,14H2. The molecule has 0 amide bonds. The molecule has 1 nitrogen and oxygen atoms in total. The molecule has 0 heterocycles. The van der Waals surface area contributed by atoms with Gasteiger partial charge in [-0.15, -0.1) is 0 Å². The minimum absolute atomic E-state index is 0.00910. The monoisotopic (exact) mass is 207 g/mol. The van der Waals surface area contributed by atoms with Gasteiger partial charge in [0.15, 0.2) is 0 Å². The third kappa shape index (κ3) is 2.23. The van der Waals surface area contributed by atoms with E-state index in [2.05, 4.69) is 7.05 Å². The number of nitrogens with two attached hydrogens (primary N) is 1. The van der Waals surface area contributed by atoms with Crippen molar-refractivity contribution in [3.63, 3.8) is 0 Å². The normalized spacial score (nSPS) is 11.8. The Balaban J connectivity index is 3.14. The predicted octanol–water partition coefficient (Wildman–Crippen LogP) is 1.70. The van der Waals surface area contributed by atoms with E-state index in [9.17, 15) is 17.6 Å². The van der Waals surface area contributed by atoms with Gasteiger partial charge in [0, 0.05) is 5.56 Å². The Morgan fingerprint density at radius 3 is 2.43 bits per heavy atom. The molecule has 1 aromatic rings. The molecule has 0 bridgehead atoms. The summed E-state index contributed by atoms with van der Waals surface area (Å²) in [6, 6.07) is 3.22. The third-order valence-corrected chi connectivity index (χ3v) is 1.75. The van der Waals surface area contributed by atoms with Crippen molar-refractivity contribution in [2.24, 2.45) is 0 Å². The van der Waals surface area contributed by atoms with Crippen molar-refractivity contribution >= 4 is 0 Å². The summed E-state index contributed by atoms with van der Waals surface area (Å²) < 4.78 is 49.8. The van der Waals surface area contributed by atoms with Crippen LogP contribution in [0.2, 0.25) is 0 Å². The second kappa shape index (κ2) is 3.96. The van der Waals surface area contributed by atoms with Crippen LogP contribution in [0.15, 0.2) is 18.2 Å². The van der Waals surface area contributed by atoms with Crippen LogP contribution in [0.1, 0.15) is 11.1 Å². The zero-order valence-electron chi connectivity index (χ0n) is 7.24. The van der Waals surface area contributed by atoms with Gasteiger partial charge in [-0.1, -0.05) is 12.1 Å². The molecule has 0 saturated carbocycles. The largest absolute Gasteiger partial charge is 0.475 e. The van der Waals surface area contributed by atoms with Gasteiger partial charge in [0.2, 0.25) is 0 Å². The summed E-state index contributed by atoms with van der Waals surface area (Å²) in [4.78, 5) is 0. The first-order valence-corrected chi connectivity index (χ1v) is 3.92. The van der Waals surface area contributed by atoms with Crippen molar-refractivity contribution in [2.75, 3.05) is 0 Å². The Bertz CT molecular complexity index is 319. The summed E-state index contributed by atoms with van der Waals surface area (Å²) in [6.07, 6.45) is -4.64. The van der Waals surface area contributed by atoms with E-state index in [1.54, 1.807) is 0 Å². The van der Waals surface area contributed by atoms with Gasteiger partial charge < -0.3 is 5.32 Å². The lowest BCUT2D eigenvalue weighted by Crippen LogP contribution is -2.75. The van der Waals surface area contributed by atoms with Gasteiger partial charge in [-0.2, -0.15) is 20.2 Å². The molecule has 0 aliphatic heterocycles. The molecule has 0 aromatic heterocycles. The van der Waals surface area contributed by atoms with Crippen molar-refractivity contribution in [2.45, 2.75) is 12.7 Å². The molecule has 0 spiro atoms. The van der Waals surface area contributed by atoms with Gasteiger partial charge >= 0.3 is 6.18 Å². The van der Waals surface area contributed by atoms with Crippen LogP contribution in [-0.2, 0) is 12.7 Å². The molecule has 0 unspecified atom stereocenters. The van der Waals surface area contributed by atoms with Gasteiger partial charge in [0.25, 0.3) is 0 Å². The first kappa shape index (κ1) is 11.0. The Kier molecular flexibility index (Phi) is 3.10. The smallest absolute Gasteiger partial charge is 0.419 e. The molecular formula is C9H9F4N. The first-order chi connectivity index (χ1) is 6.46. The van der Waals surface area contributed by atoms with Crippen molar-refractivity contribution in [1.29, 1.82) is 0 Å². The van der Waals surface area contributed by atoms with Gasteiger partial charge in [-0.25, -0.2) is 4.39 Å². The van der Waals surface area contributed by atoms with Crippen molar-refractivity contribution in [3.8, 4) is 0 Å². The summed E-state index contributed by atoms with van der Waals surface area (Å²) in [7, 11) is 3.34. The third-order valence-electron chi connectivity index (χ3n) is 1.75. The fourth-order valence-electron chi connectivity index (χ4n) is 1.11. The van der Waals surface area contributed by atoms with Crippen LogP contribution in [0.3, 0.4) is 0 Å². The lowest BCUT2D eigenvalue weighted by Gasteiger charge is -2.10. The zero-order chi connectivity index (χ0) is 10.8. The van der Waals surface area contributed by atoms with Crippen molar-refractivity contribution in [1.82, 2.24) is 0 Å². The van der Waals surface area contributed by atoms with Crippen molar-refractivity contribution < 1.29 is 22.9 Å². The van der Waals surface area contributed by atoms with Crippen LogP contribution in [0.5, 0.6) is 0 Å². The van der Waals surface area contributed by atoms with Crippen LogP contribution in [0.4, 0.5) is 17.6 Å². The van der Waals surface area contributed by atoms with Crippen LogP contribution in [-0.4, -0.2) is 0 Å². The van der Waals surface area contributed by atoms with E-state index in [1.165, 1.54) is 17.4 Å². The molecule has 1 aromatic carbocycles. The Morgan fingerprint density at radius 1 is 1.29 bits per heavy atom. The fourth-order valence-corrected chi connectivity index (χ4v) is 1.11. The molecule has 0 aliphatic carbocycles. The van der Waals surface area contributed by atoms with Crippen LogP contribution < -0.4 is 5.32 Å². The topological polar surface area (TPSA) is 16.6 Å². The SMILES string of the molecule is [CH2-][NH2+]Cc1cccc(C(F)(F)F)c1F. The minimum atomic E-state index is -4.64. The van der Waals surface area contributed by atoms with E-state index in [0.29, 0.717) is 0 Å². The molecule has 14 heavy (non-hydrogen) atoms. The van der Waals surface area contributed by atoms with Crippen LogP contribution in [0, 0.1) is 12.9 Å². The van der Waals surface area contributed by atoms with Gasteiger partial charge in [-0.3, -0.25) is 0 Å². The maximum Gasteiger partial charge on any atom is 0.419 e. The molecule has 78 valence electrons. The van der Waals surface area contributed by atoms with Gasteiger partial charge in [-0.05, 0) is 6.07 Å². The van der Waals surface area contributed by atoms with E-state index in [4.69, 9.17) is 0 Å². The Morgan fingerprint density at radius 2 is 1.93 bits per heavy atom. The number of benzene rings is 1. The van der Waals surface area contributed by atoms with E-state index in [1.807, 2.05) is 0 Å². The molecule has 5 heteroatoms. The number of rotatable bonds is 2. The highest BCUT2D eigenvalue weighted by Gasteiger charge is 2.34. The highest BCUT2D eigenvalue weighted by molar-refractivity contribution is 5.27. The fraction of sp³-hybridized carbons (Fsp3) is 0.222. The summed E-state index contributed by atoms with van der Waals surface area (Å²) in [6.45, 7) is 0.0930. The maximum atomic E-state index is 13.2. The first-order valence-electron chi connectivity index (χ1n) is 3.92. The summed E-state index contributed by atoms with van der Waals surface area (Å²) >= 11 is 0. The van der Waals surface area contributed by atoms with E-state index < -0.39 is 17.6 Å². The number of hydrogen-bond acceptors (Lipinski definition) is 0. The number of hydrogen-bond donors (Lipinski definition) is 1. The number of quaternary nitrogens is 1. The molecule has 0 aliphatic rings. The summed E-state index contributed by atoms with van der Waals surface area (Å²) in [5, 5.41) is 1.36. The second-order valence-corrected chi connectivity index (χ2v) is 2.77. The van der Waals surface area contributed by atoms with Crippen LogP contribution >= 0.6 is 0 Å². The predicted molar refractivity (Wildman–Crippen MR) is 42.4 cm³/mol. The lowest BCUT2D eigenvalue weighted by atomic mass is 10.1. The van der Waals surface area contributed by atoms with E-state index in [0.717, 1.165) is 6.07 Å². The number of halogens is 4. The average Bonchev–Trinajstić information content (AvgIpc) is 2.07. The van der Waals surface area contributed by atoms with Crippen molar-refractivity contribution in [3.05, 3.63) is 42.2 Å². The zero-order valence-corrected chi connectivity index (χ0v) is 7.24. The summed E-state index contributed by atoms with van der Waals surface area (Å²) in [5.41, 5.74) is -1.22. The number of alkyl halides is 3. The molecule has 1 rings (SSSR count). The average molecular weight is 207 g/mol. The molecule has 0 saturated heterocycles. The Labute approximate surface area is 78.7 Å². The molecular weight excluding hydrogens is 198 g/mol. The van der Waals surface area contributed by atoms with Gasteiger partial charge in [0.1, 0.15) is 5.82 Å². The molecule has 0 atom stereocenters. The van der Waals surface area contributed by atoms with E-state index >= 15 is 0 Å². The Hall–Kier alpha value is -1.10. The van der Waals surface area contributed by atoms with Crippen LogP contribution in [0.25, 0.3) is 0 Å². The second-order valence-electron chi connectivity index (χ2n) is 2.77. The highest BCUT2D eigenvalue weighted by Crippen LogP contribution is 2.32. The molecule has 2 N–H and O–H groups in total. The molecule has 0 radical (unpaired) electrons. The minimum Gasteiger partial charge on any atom is -0.475 e. The maximum absolute atomic E-state index is 13.2. The highest BCUT2D eigenvalue weighted by atomic mass is 19.4. The summed E-state index contributed by atoms with van der Waals surface area (Å²) in [5.74, 6) is -1.21. The quantitative estimate of drug-likeness (QED) is 0.561. The van der Waals surface area contributed by atoms with E-state index in [-0.39, 0.29) is 12.1 Å². The molecule has 0 fully saturated rings.